The minimum atomic E-state index is -0.146. The molecule has 0 radical (unpaired) electrons. The van der Waals surface area contributed by atoms with Gasteiger partial charge in [0.25, 0.3) is 0 Å². The van der Waals surface area contributed by atoms with Gasteiger partial charge in [0.05, 0.1) is 28.8 Å². The Hall–Kier alpha value is -0.0400. The van der Waals surface area contributed by atoms with Gasteiger partial charge in [-0.2, -0.15) is 0 Å². The van der Waals surface area contributed by atoms with E-state index < -0.39 is 0 Å². The number of rotatable bonds is 1. The lowest BCUT2D eigenvalue weighted by molar-refractivity contribution is 0.0182. The summed E-state index contributed by atoms with van der Waals surface area (Å²) in [6, 6.07) is 0.593. The maximum absolute atomic E-state index is 12.0. The van der Waals surface area contributed by atoms with Gasteiger partial charge >= 0.3 is 6.09 Å². The molecule has 0 aromatic rings. The van der Waals surface area contributed by atoms with Crippen LogP contribution in [-0.4, -0.2) is 45.8 Å². The van der Waals surface area contributed by atoms with Crippen LogP contribution < -0.4 is 0 Å². The molecule has 1 amide bonds. The zero-order chi connectivity index (χ0) is 11.3. The van der Waals surface area contributed by atoms with Crippen molar-refractivity contribution in [3.63, 3.8) is 0 Å². The molecule has 0 saturated carbocycles. The molecule has 3 heterocycles. The Labute approximate surface area is 109 Å². The molecule has 0 N–H and O–H groups in total. The number of piperidine rings is 2. The zero-order valence-electron chi connectivity index (χ0n) is 9.27. The molecule has 0 aliphatic carbocycles. The van der Waals surface area contributed by atoms with E-state index in [0.717, 1.165) is 19.3 Å². The molecule has 3 aliphatic rings. The van der Waals surface area contributed by atoms with Gasteiger partial charge in [-0.15, -0.1) is 0 Å². The van der Waals surface area contributed by atoms with E-state index in [1.165, 1.54) is 0 Å². The first-order chi connectivity index (χ1) is 7.72. The van der Waals surface area contributed by atoms with Crippen molar-refractivity contribution in [2.24, 2.45) is 0 Å². The Morgan fingerprint density at radius 1 is 1.44 bits per heavy atom. The maximum atomic E-state index is 12.0. The quantitative estimate of drug-likeness (QED) is 0.542. The highest BCUT2D eigenvalue weighted by molar-refractivity contribution is 14.1. The fourth-order valence-electron chi connectivity index (χ4n) is 3.27. The van der Waals surface area contributed by atoms with Crippen molar-refractivity contribution in [3.8, 4) is 0 Å². The highest BCUT2D eigenvalue weighted by Crippen LogP contribution is 2.46. The average Bonchev–Trinajstić information content (AvgIpc) is 2.59. The number of hydrogen-bond donors (Lipinski definition) is 0. The van der Waals surface area contributed by atoms with Crippen LogP contribution in [0.5, 0.6) is 0 Å². The number of nitrogens with zero attached hydrogens (tertiary/aromatic N) is 1. The van der Waals surface area contributed by atoms with E-state index in [-0.39, 0.29) is 18.2 Å². The van der Waals surface area contributed by atoms with Gasteiger partial charge in [0.15, 0.2) is 0 Å². The first-order valence-corrected chi connectivity index (χ1v) is 7.21. The summed E-state index contributed by atoms with van der Waals surface area (Å²) < 4.78 is 11.6. The number of carbonyl (C=O) groups excluding carboxylic acids is 1. The Balaban J connectivity index is 1.86. The van der Waals surface area contributed by atoms with E-state index in [0.29, 0.717) is 22.7 Å². The van der Waals surface area contributed by atoms with Crippen LogP contribution in [0.2, 0.25) is 0 Å². The maximum Gasteiger partial charge on any atom is 0.410 e. The van der Waals surface area contributed by atoms with Crippen LogP contribution in [-0.2, 0) is 9.47 Å². The molecular weight excluding hydrogens is 321 g/mol. The van der Waals surface area contributed by atoms with Crippen LogP contribution in [0, 0.1) is 0 Å². The number of carbonyl (C=O) groups is 1. The normalized spacial score (nSPS) is 44.9. The van der Waals surface area contributed by atoms with Gasteiger partial charge in [0, 0.05) is 6.04 Å². The fraction of sp³-hybridized carbons (Fsp3) is 0.909. The summed E-state index contributed by atoms with van der Waals surface area (Å²) in [6.45, 7) is 2.31. The van der Waals surface area contributed by atoms with Gasteiger partial charge in [0.2, 0.25) is 0 Å². The van der Waals surface area contributed by atoms with E-state index in [9.17, 15) is 4.79 Å². The molecule has 3 rings (SSSR count). The molecule has 3 bridgehead atoms. The first-order valence-electron chi connectivity index (χ1n) is 5.97. The van der Waals surface area contributed by atoms with Gasteiger partial charge in [0.1, 0.15) is 0 Å². The number of fused-ring (bicyclic) bond motifs is 2. The second-order valence-corrected chi connectivity index (χ2v) is 6.15. The minimum absolute atomic E-state index is 0.146. The van der Waals surface area contributed by atoms with Gasteiger partial charge in [-0.25, -0.2) is 4.79 Å². The molecule has 3 fully saturated rings. The van der Waals surface area contributed by atoms with Gasteiger partial charge in [-0.05, 0) is 26.2 Å². The highest BCUT2D eigenvalue weighted by Gasteiger charge is 2.56. The molecule has 3 saturated heterocycles. The summed E-state index contributed by atoms with van der Waals surface area (Å²) in [4.78, 5) is 13.9. The third-order valence-corrected chi connectivity index (χ3v) is 5.55. The number of ether oxygens (including phenoxy) is 2. The lowest BCUT2D eigenvalue weighted by Crippen LogP contribution is -2.59. The largest absolute Gasteiger partial charge is 0.450 e. The molecule has 3 aliphatic heterocycles. The third kappa shape index (κ3) is 1.47. The SMILES string of the molecule is CCOC(=O)N1[C@@H]2CC[C@H]3O[C@H](C[C@H]31)[C@@H]2I. The predicted octanol–water partition coefficient (Wildman–Crippen LogP) is 1.95. The van der Waals surface area contributed by atoms with Crippen molar-refractivity contribution in [2.45, 2.75) is 54.4 Å². The third-order valence-electron chi connectivity index (χ3n) is 3.92. The second kappa shape index (κ2) is 4.01. The van der Waals surface area contributed by atoms with Crippen molar-refractivity contribution in [3.05, 3.63) is 0 Å². The van der Waals surface area contributed by atoms with E-state index in [4.69, 9.17) is 9.47 Å². The first kappa shape index (κ1) is 11.1. The second-order valence-electron chi connectivity index (χ2n) is 4.71. The Bertz CT molecular complexity index is 312. The van der Waals surface area contributed by atoms with Crippen LogP contribution >= 0.6 is 22.6 Å². The van der Waals surface area contributed by atoms with E-state index >= 15 is 0 Å². The topological polar surface area (TPSA) is 38.8 Å². The van der Waals surface area contributed by atoms with Gasteiger partial charge in [-0.1, -0.05) is 22.6 Å². The monoisotopic (exact) mass is 337 g/mol. The van der Waals surface area contributed by atoms with Gasteiger partial charge < -0.3 is 9.47 Å². The number of halogens is 1. The van der Waals surface area contributed by atoms with Crippen LogP contribution in [0.4, 0.5) is 4.79 Å². The minimum Gasteiger partial charge on any atom is -0.450 e. The fourth-order valence-corrected chi connectivity index (χ4v) is 4.44. The number of hydrogen-bond acceptors (Lipinski definition) is 3. The van der Waals surface area contributed by atoms with Crippen LogP contribution in [0.15, 0.2) is 0 Å². The summed E-state index contributed by atoms with van der Waals surface area (Å²) in [5.74, 6) is 0. The van der Waals surface area contributed by atoms with Crippen LogP contribution in [0.25, 0.3) is 0 Å². The van der Waals surface area contributed by atoms with E-state index in [2.05, 4.69) is 22.6 Å². The summed E-state index contributed by atoms with van der Waals surface area (Å²) in [6.07, 6.45) is 3.62. The standard InChI is InChI=1S/C11H16INO3/c1-2-15-11(14)13-6-3-4-8-7(13)5-9(16-8)10(6)12/h6-10H,2-5H2,1H3/t6-,7-,8-,9-,10-/m1/s1. The molecule has 5 heteroatoms. The molecule has 0 aromatic carbocycles. The average molecular weight is 337 g/mol. The van der Waals surface area contributed by atoms with Crippen LogP contribution in [0.3, 0.4) is 0 Å². The van der Waals surface area contributed by atoms with Crippen molar-refractivity contribution in [1.29, 1.82) is 0 Å². The van der Waals surface area contributed by atoms with Gasteiger partial charge in [-0.3, -0.25) is 4.90 Å². The number of alkyl halides is 1. The van der Waals surface area contributed by atoms with Crippen LogP contribution in [0.1, 0.15) is 26.2 Å². The molecule has 0 spiro atoms. The molecule has 0 unspecified atom stereocenters. The molecule has 0 aromatic heterocycles. The highest BCUT2D eigenvalue weighted by atomic mass is 127. The van der Waals surface area contributed by atoms with Crippen molar-refractivity contribution >= 4 is 28.7 Å². The molecule has 5 atom stereocenters. The summed E-state index contributed by atoms with van der Waals surface area (Å²) in [7, 11) is 0. The van der Waals surface area contributed by atoms with E-state index in [1.807, 2.05) is 11.8 Å². The Morgan fingerprint density at radius 2 is 2.25 bits per heavy atom. The van der Waals surface area contributed by atoms with E-state index in [1.54, 1.807) is 0 Å². The lowest BCUT2D eigenvalue weighted by atomic mass is 9.85. The summed E-state index contributed by atoms with van der Waals surface area (Å²) in [5, 5.41) is 0. The zero-order valence-corrected chi connectivity index (χ0v) is 11.4. The van der Waals surface area contributed by atoms with Crippen molar-refractivity contribution in [1.82, 2.24) is 4.90 Å². The lowest BCUT2D eigenvalue weighted by Gasteiger charge is -2.45. The number of amides is 1. The molecule has 90 valence electrons. The molecule has 4 nitrogen and oxygen atoms in total. The molecule has 16 heavy (non-hydrogen) atoms. The summed E-state index contributed by atoms with van der Waals surface area (Å²) >= 11 is 2.44. The Morgan fingerprint density at radius 3 is 3.00 bits per heavy atom. The Kier molecular flexibility index (Phi) is 2.78. The summed E-state index contributed by atoms with van der Waals surface area (Å²) in [5.41, 5.74) is 0. The van der Waals surface area contributed by atoms with Crippen molar-refractivity contribution < 1.29 is 14.3 Å². The van der Waals surface area contributed by atoms with Crippen molar-refractivity contribution in [2.75, 3.05) is 6.61 Å². The molecular formula is C11H16INO3. The smallest absolute Gasteiger partial charge is 0.410 e. The predicted molar refractivity (Wildman–Crippen MR) is 66.8 cm³/mol.